The zero-order valence-corrected chi connectivity index (χ0v) is 23.7. The molecule has 4 nitrogen and oxygen atoms in total. The van der Waals surface area contributed by atoms with Crippen LogP contribution >= 0.6 is 0 Å². The van der Waals surface area contributed by atoms with E-state index in [0.29, 0.717) is 44.9 Å². The molecule has 2 aromatic rings. The fraction of sp³-hybridized carbons (Fsp3) is 0.545. The summed E-state index contributed by atoms with van der Waals surface area (Å²) < 4.78 is 76.0. The van der Waals surface area contributed by atoms with Gasteiger partial charge in [-0.3, -0.25) is 0 Å². The molecule has 0 aliphatic heterocycles. The van der Waals surface area contributed by atoms with Gasteiger partial charge in [-0.1, -0.05) is 31.6 Å². The number of hydrogen-bond acceptors (Lipinski definition) is 4. The summed E-state index contributed by atoms with van der Waals surface area (Å²) in [6.45, 7) is 6.61. The van der Waals surface area contributed by atoms with E-state index >= 15 is 8.78 Å². The number of esters is 1. The Bertz CT molecular complexity index is 1180. The molecule has 0 amide bonds. The van der Waals surface area contributed by atoms with Gasteiger partial charge in [-0.25, -0.2) is 18.0 Å². The average molecular weight is 577 g/mol. The molecule has 2 fully saturated rings. The van der Waals surface area contributed by atoms with Crippen LogP contribution in [0.1, 0.15) is 111 Å². The average Bonchev–Trinajstić information content (AvgIpc) is 2.98. The minimum atomic E-state index is -1.18. The second-order valence-electron chi connectivity index (χ2n) is 11.1. The Kier molecular flexibility index (Phi) is 11.3. The Morgan fingerprint density at radius 3 is 2.00 bits per heavy atom. The lowest BCUT2D eigenvalue weighted by Gasteiger charge is -2.30. The van der Waals surface area contributed by atoms with Crippen LogP contribution in [0.5, 0.6) is 5.75 Å². The van der Waals surface area contributed by atoms with Crippen LogP contribution in [-0.2, 0) is 9.47 Å². The predicted molar refractivity (Wildman–Crippen MR) is 149 cm³/mol. The number of carbonyl (C=O) groups is 1. The monoisotopic (exact) mass is 576 g/mol. The molecule has 0 atom stereocenters. The molecule has 2 aromatic carbocycles. The second kappa shape index (κ2) is 14.9. The van der Waals surface area contributed by atoms with Gasteiger partial charge in [0, 0.05) is 6.61 Å². The Morgan fingerprint density at radius 1 is 0.805 bits per heavy atom. The van der Waals surface area contributed by atoms with Crippen molar-refractivity contribution in [3.05, 3.63) is 76.9 Å². The molecule has 0 unspecified atom stereocenters. The highest BCUT2D eigenvalue weighted by Gasteiger charge is 2.31. The van der Waals surface area contributed by atoms with Crippen LogP contribution in [0.4, 0.5) is 17.6 Å². The molecule has 0 radical (unpaired) electrons. The lowest BCUT2D eigenvalue weighted by Crippen LogP contribution is -2.25. The highest BCUT2D eigenvalue weighted by molar-refractivity contribution is 5.90. The third-order valence-corrected chi connectivity index (χ3v) is 8.34. The number of hydrogen-bond donors (Lipinski definition) is 0. The van der Waals surface area contributed by atoms with E-state index in [2.05, 4.69) is 13.5 Å². The fourth-order valence-electron chi connectivity index (χ4n) is 5.90. The van der Waals surface area contributed by atoms with E-state index in [1.807, 2.05) is 0 Å². The molecule has 8 heteroatoms. The first-order valence-corrected chi connectivity index (χ1v) is 14.9. The van der Waals surface area contributed by atoms with Crippen LogP contribution < -0.4 is 4.74 Å². The first kappa shape index (κ1) is 31.1. The van der Waals surface area contributed by atoms with Crippen molar-refractivity contribution in [2.45, 2.75) is 102 Å². The maximum absolute atomic E-state index is 15.1. The Labute approximate surface area is 240 Å². The van der Waals surface area contributed by atoms with Crippen molar-refractivity contribution >= 4 is 5.97 Å². The highest BCUT2D eigenvalue weighted by Crippen LogP contribution is 2.39. The molecule has 0 heterocycles. The van der Waals surface area contributed by atoms with E-state index in [9.17, 15) is 13.6 Å². The number of unbranched alkanes of at least 4 members (excludes halogenated alkanes) is 1. The van der Waals surface area contributed by atoms with Crippen molar-refractivity contribution in [1.82, 2.24) is 0 Å². The lowest BCUT2D eigenvalue weighted by molar-refractivity contribution is 0.0188. The molecule has 0 N–H and O–H groups in total. The van der Waals surface area contributed by atoms with Gasteiger partial charge in [0.05, 0.1) is 18.3 Å². The van der Waals surface area contributed by atoms with Gasteiger partial charge in [0.25, 0.3) is 0 Å². The van der Waals surface area contributed by atoms with Gasteiger partial charge >= 0.3 is 5.97 Å². The largest absolute Gasteiger partial charge is 0.490 e. The molecular weight excluding hydrogens is 536 g/mol. The van der Waals surface area contributed by atoms with E-state index in [-0.39, 0.29) is 41.4 Å². The van der Waals surface area contributed by atoms with Crippen molar-refractivity contribution in [2.75, 3.05) is 13.2 Å². The van der Waals surface area contributed by atoms with Crippen LogP contribution in [0.15, 0.2) is 36.9 Å². The summed E-state index contributed by atoms with van der Waals surface area (Å²) in [6, 6.07) is 5.76. The SMILES string of the molecule is C=CCCOc1ccc(C2CCC(OC(=O)c3ccc(C4CCC(OCCCC)CC4)c(F)c3F)CC2)c(F)c1F. The van der Waals surface area contributed by atoms with Gasteiger partial charge in [-0.15, -0.1) is 6.58 Å². The first-order valence-electron chi connectivity index (χ1n) is 14.9. The van der Waals surface area contributed by atoms with Crippen molar-refractivity contribution < 1.29 is 36.6 Å². The summed E-state index contributed by atoms with van der Waals surface area (Å²) in [5.41, 5.74) is 0.122. The van der Waals surface area contributed by atoms with E-state index in [1.54, 1.807) is 6.08 Å². The quantitative estimate of drug-likeness (QED) is 0.110. The summed E-state index contributed by atoms with van der Waals surface area (Å²) in [5, 5.41) is 0. The maximum atomic E-state index is 15.1. The van der Waals surface area contributed by atoms with Crippen LogP contribution in [0.25, 0.3) is 0 Å². The Balaban J connectivity index is 1.30. The smallest absolute Gasteiger partial charge is 0.341 e. The molecular formula is C33H40F4O4. The molecule has 4 rings (SSSR count). The summed E-state index contributed by atoms with van der Waals surface area (Å²) in [4.78, 5) is 12.8. The van der Waals surface area contributed by atoms with E-state index in [0.717, 1.165) is 32.3 Å². The van der Waals surface area contributed by atoms with Crippen molar-refractivity contribution in [2.24, 2.45) is 0 Å². The van der Waals surface area contributed by atoms with Gasteiger partial charge < -0.3 is 14.2 Å². The highest BCUT2D eigenvalue weighted by atomic mass is 19.2. The summed E-state index contributed by atoms with van der Waals surface area (Å²) in [6.07, 6.45) is 8.61. The predicted octanol–water partition coefficient (Wildman–Crippen LogP) is 8.92. The summed E-state index contributed by atoms with van der Waals surface area (Å²) in [7, 11) is 0. The molecule has 224 valence electrons. The molecule has 0 saturated heterocycles. The zero-order chi connectivity index (χ0) is 29.4. The third-order valence-electron chi connectivity index (χ3n) is 8.34. The van der Waals surface area contributed by atoms with Crippen LogP contribution in [0, 0.1) is 23.3 Å². The van der Waals surface area contributed by atoms with Crippen LogP contribution in [0.3, 0.4) is 0 Å². The van der Waals surface area contributed by atoms with E-state index in [1.165, 1.54) is 24.3 Å². The van der Waals surface area contributed by atoms with Gasteiger partial charge in [-0.05, 0) is 99.3 Å². The van der Waals surface area contributed by atoms with Gasteiger partial charge in [0.2, 0.25) is 5.82 Å². The molecule has 2 saturated carbocycles. The lowest BCUT2D eigenvalue weighted by atomic mass is 9.82. The van der Waals surface area contributed by atoms with E-state index < -0.39 is 40.9 Å². The molecule has 2 aliphatic carbocycles. The maximum Gasteiger partial charge on any atom is 0.341 e. The topological polar surface area (TPSA) is 44.8 Å². The summed E-state index contributed by atoms with van der Waals surface area (Å²) in [5.74, 6) is -5.55. The standard InChI is InChI=1S/C33H40F4O4/c1-3-5-19-39-23-11-7-21(8-12-23)25-15-16-27(31(36)29(25)34)33(38)41-24-13-9-22(10-14-24)26-17-18-28(32(37)30(26)35)40-20-6-4-2/h4,15-18,21-24H,2-3,5-14,19-20H2,1H3. The minimum Gasteiger partial charge on any atom is -0.490 e. The van der Waals surface area contributed by atoms with Crippen LogP contribution in [0.2, 0.25) is 0 Å². The van der Waals surface area contributed by atoms with Crippen molar-refractivity contribution in [3.8, 4) is 5.75 Å². The normalized spacial score (nSPS) is 22.8. The van der Waals surface area contributed by atoms with E-state index in [4.69, 9.17) is 14.2 Å². The number of ether oxygens (including phenoxy) is 3. The third kappa shape index (κ3) is 7.70. The molecule has 0 aromatic heterocycles. The molecule has 0 bridgehead atoms. The number of benzene rings is 2. The van der Waals surface area contributed by atoms with Crippen molar-refractivity contribution in [3.63, 3.8) is 0 Å². The minimum absolute atomic E-state index is 0.117. The van der Waals surface area contributed by atoms with Gasteiger partial charge in [0.15, 0.2) is 23.2 Å². The van der Waals surface area contributed by atoms with Gasteiger partial charge in [0.1, 0.15) is 6.10 Å². The fourth-order valence-corrected chi connectivity index (χ4v) is 5.90. The zero-order valence-electron chi connectivity index (χ0n) is 23.7. The van der Waals surface area contributed by atoms with Crippen molar-refractivity contribution in [1.29, 1.82) is 0 Å². The molecule has 0 spiro atoms. The molecule has 41 heavy (non-hydrogen) atoms. The second-order valence-corrected chi connectivity index (χ2v) is 11.1. The first-order chi connectivity index (χ1) is 19.8. The summed E-state index contributed by atoms with van der Waals surface area (Å²) >= 11 is 0. The molecule has 2 aliphatic rings. The number of halogens is 4. The Morgan fingerprint density at radius 2 is 1.39 bits per heavy atom. The number of carbonyl (C=O) groups excluding carboxylic acids is 1. The number of rotatable bonds is 12. The van der Waals surface area contributed by atoms with Crippen LogP contribution in [-0.4, -0.2) is 31.4 Å². The van der Waals surface area contributed by atoms with Gasteiger partial charge in [-0.2, -0.15) is 4.39 Å². The Hall–Kier alpha value is -2.87.